The zero-order valence-electron chi connectivity index (χ0n) is 15.4. The maximum Gasteiger partial charge on any atom is 0.221 e. The number of amides is 1. The Balaban J connectivity index is 1.82. The first kappa shape index (κ1) is 20.7. The molecule has 0 saturated carbocycles. The predicted molar refractivity (Wildman–Crippen MR) is 99.5 cm³/mol. The summed E-state index contributed by atoms with van der Waals surface area (Å²) in [5, 5.41) is 10.7. The summed E-state index contributed by atoms with van der Waals surface area (Å²) >= 11 is 0. The highest BCUT2D eigenvalue weighted by atomic mass is 32.2. The molecule has 0 spiro atoms. The number of ether oxygens (including phenoxy) is 2. The standard InChI is InChI=1S/C18H23N3O5S/c1-4-5-9-18(20-21-18)10-11-19-17(22)8-12-27(23,24)14-6-7-15(25-2)16(13-14)26-3/h1,6-7,13H,5,8-12H2,2-3H3,(H,19,22). The number of benzene rings is 1. The fraction of sp³-hybridized carbons (Fsp3) is 0.500. The number of nitrogens with one attached hydrogen (secondary N) is 1. The molecule has 9 heteroatoms. The summed E-state index contributed by atoms with van der Waals surface area (Å²) in [5.74, 6) is 2.65. The highest BCUT2D eigenvalue weighted by Crippen LogP contribution is 2.36. The van der Waals surface area contributed by atoms with Gasteiger partial charge < -0.3 is 14.8 Å². The quantitative estimate of drug-likeness (QED) is 0.578. The number of methoxy groups -OCH3 is 2. The Morgan fingerprint density at radius 3 is 2.52 bits per heavy atom. The van der Waals surface area contributed by atoms with Gasteiger partial charge in [-0.05, 0) is 12.1 Å². The van der Waals surface area contributed by atoms with Crippen LogP contribution in [-0.4, -0.2) is 46.5 Å². The lowest BCUT2D eigenvalue weighted by atomic mass is 10.0. The van der Waals surface area contributed by atoms with E-state index in [0.717, 1.165) is 0 Å². The van der Waals surface area contributed by atoms with Crippen molar-refractivity contribution in [2.75, 3.05) is 26.5 Å². The summed E-state index contributed by atoms with van der Waals surface area (Å²) in [6.45, 7) is 0.368. The molecule has 0 radical (unpaired) electrons. The van der Waals surface area contributed by atoms with Crippen LogP contribution in [0.25, 0.3) is 0 Å². The number of rotatable bonds is 11. The molecule has 8 nitrogen and oxygen atoms in total. The van der Waals surface area contributed by atoms with E-state index in [1.165, 1.54) is 32.4 Å². The van der Waals surface area contributed by atoms with Gasteiger partial charge in [-0.3, -0.25) is 4.79 Å². The topological polar surface area (TPSA) is 106 Å². The van der Waals surface area contributed by atoms with Crippen LogP contribution in [-0.2, 0) is 14.6 Å². The van der Waals surface area contributed by atoms with E-state index in [0.29, 0.717) is 37.3 Å². The second-order valence-corrected chi connectivity index (χ2v) is 8.18. The first-order valence-electron chi connectivity index (χ1n) is 8.45. The van der Waals surface area contributed by atoms with Crippen molar-refractivity contribution < 1.29 is 22.7 Å². The van der Waals surface area contributed by atoms with Gasteiger partial charge in [0.25, 0.3) is 0 Å². The average molecular weight is 393 g/mol. The van der Waals surface area contributed by atoms with Crippen LogP contribution in [0, 0.1) is 12.3 Å². The summed E-state index contributed by atoms with van der Waals surface area (Å²) in [4.78, 5) is 12.0. The molecule has 1 amide bonds. The fourth-order valence-electron chi connectivity index (χ4n) is 2.51. The average Bonchev–Trinajstić information content (AvgIpc) is 3.44. The fourth-order valence-corrected chi connectivity index (χ4v) is 3.77. The third kappa shape index (κ3) is 5.69. The number of hydrogen-bond donors (Lipinski definition) is 1. The van der Waals surface area contributed by atoms with Crippen LogP contribution in [0.2, 0.25) is 0 Å². The van der Waals surface area contributed by atoms with Crippen molar-refractivity contribution in [3.63, 3.8) is 0 Å². The third-order valence-corrected chi connectivity index (χ3v) is 5.93. The van der Waals surface area contributed by atoms with Crippen LogP contribution in [0.15, 0.2) is 33.3 Å². The Morgan fingerprint density at radius 2 is 1.93 bits per heavy atom. The molecular formula is C18H23N3O5S. The van der Waals surface area contributed by atoms with Crippen molar-refractivity contribution in [3.05, 3.63) is 18.2 Å². The molecule has 1 aromatic rings. The van der Waals surface area contributed by atoms with Crippen molar-refractivity contribution in [1.29, 1.82) is 0 Å². The molecular weight excluding hydrogens is 370 g/mol. The lowest BCUT2D eigenvalue weighted by Gasteiger charge is -2.11. The molecule has 0 aromatic heterocycles. The summed E-state index contributed by atoms with van der Waals surface area (Å²) in [5.41, 5.74) is -0.467. The Labute approximate surface area is 159 Å². The Bertz CT molecular complexity index is 852. The van der Waals surface area contributed by atoms with Crippen LogP contribution in [0.4, 0.5) is 0 Å². The van der Waals surface area contributed by atoms with Crippen molar-refractivity contribution in [1.82, 2.24) is 5.32 Å². The van der Waals surface area contributed by atoms with Gasteiger partial charge in [0.05, 0.1) is 24.9 Å². The van der Waals surface area contributed by atoms with Crippen molar-refractivity contribution in [3.8, 4) is 23.8 Å². The first-order valence-corrected chi connectivity index (χ1v) is 10.1. The molecule has 0 aliphatic carbocycles. The number of hydrogen-bond acceptors (Lipinski definition) is 7. The first-order chi connectivity index (χ1) is 12.9. The Morgan fingerprint density at radius 1 is 1.22 bits per heavy atom. The van der Waals surface area contributed by atoms with Gasteiger partial charge in [-0.25, -0.2) is 8.42 Å². The summed E-state index contributed by atoms with van der Waals surface area (Å²) in [6.07, 6.45) is 6.88. The summed E-state index contributed by atoms with van der Waals surface area (Å²) in [6, 6.07) is 4.33. The van der Waals surface area contributed by atoms with Gasteiger partial charge in [0.1, 0.15) is 0 Å². The number of sulfone groups is 1. The second kappa shape index (κ2) is 8.86. The molecule has 0 bridgehead atoms. The van der Waals surface area contributed by atoms with Gasteiger partial charge >= 0.3 is 0 Å². The SMILES string of the molecule is C#CCCC1(CCNC(=O)CCS(=O)(=O)c2ccc(OC)c(OC)c2)N=N1. The normalized spacial score (nSPS) is 14.3. The van der Waals surface area contributed by atoms with Gasteiger partial charge in [0.2, 0.25) is 5.91 Å². The molecule has 0 atom stereocenters. The van der Waals surface area contributed by atoms with Crippen LogP contribution in [0.1, 0.15) is 25.7 Å². The molecule has 2 rings (SSSR count). The maximum atomic E-state index is 12.4. The van der Waals surface area contributed by atoms with E-state index in [4.69, 9.17) is 15.9 Å². The molecule has 1 N–H and O–H groups in total. The van der Waals surface area contributed by atoms with Crippen LogP contribution < -0.4 is 14.8 Å². The summed E-state index contributed by atoms with van der Waals surface area (Å²) in [7, 11) is -0.727. The van der Waals surface area contributed by atoms with Gasteiger partial charge in [-0.1, -0.05) is 0 Å². The van der Waals surface area contributed by atoms with Gasteiger partial charge in [-0.2, -0.15) is 10.2 Å². The van der Waals surface area contributed by atoms with E-state index in [1.807, 2.05) is 0 Å². The van der Waals surface area contributed by atoms with Crippen LogP contribution >= 0.6 is 0 Å². The molecule has 1 aromatic carbocycles. The monoisotopic (exact) mass is 393 g/mol. The number of carbonyl (C=O) groups is 1. The smallest absolute Gasteiger partial charge is 0.221 e. The Kier molecular flexibility index (Phi) is 6.80. The largest absolute Gasteiger partial charge is 0.493 e. The van der Waals surface area contributed by atoms with E-state index < -0.39 is 15.5 Å². The lowest BCUT2D eigenvalue weighted by Crippen LogP contribution is -2.29. The van der Waals surface area contributed by atoms with E-state index in [9.17, 15) is 13.2 Å². The number of terminal acetylenes is 1. The lowest BCUT2D eigenvalue weighted by molar-refractivity contribution is -0.120. The van der Waals surface area contributed by atoms with Gasteiger partial charge in [0, 0.05) is 38.3 Å². The van der Waals surface area contributed by atoms with E-state index in [2.05, 4.69) is 21.5 Å². The molecule has 1 aliphatic heterocycles. The molecule has 27 heavy (non-hydrogen) atoms. The molecule has 1 aliphatic rings. The second-order valence-electron chi connectivity index (χ2n) is 6.07. The summed E-state index contributed by atoms with van der Waals surface area (Å²) < 4.78 is 35.1. The third-order valence-electron chi connectivity index (χ3n) is 4.21. The van der Waals surface area contributed by atoms with E-state index in [-0.39, 0.29) is 23.0 Å². The molecule has 1 heterocycles. The van der Waals surface area contributed by atoms with Crippen LogP contribution in [0.3, 0.4) is 0 Å². The predicted octanol–water partition coefficient (Wildman–Crippen LogP) is 1.95. The number of nitrogens with zero attached hydrogens (tertiary/aromatic N) is 2. The van der Waals surface area contributed by atoms with Crippen molar-refractivity contribution >= 4 is 15.7 Å². The minimum absolute atomic E-state index is 0.0803. The highest BCUT2D eigenvalue weighted by Gasteiger charge is 2.38. The number of carbonyl (C=O) groups excluding carboxylic acids is 1. The van der Waals surface area contributed by atoms with Gasteiger partial charge in [-0.15, -0.1) is 12.3 Å². The van der Waals surface area contributed by atoms with Crippen LogP contribution in [0.5, 0.6) is 11.5 Å². The van der Waals surface area contributed by atoms with Crippen molar-refractivity contribution in [2.45, 2.75) is 36.2 Å². The van der Waals surface area contributed by atoms with Gasteiger partial charge in [0.15, 0.2) is 27.0 Å². The van der Waals surface area contributed by atoms with Crippen molar-refractivity contribution in [2.24, 2.45) is 10.2 Å². The minimum Gasteiger partial charge on any atom is -0.493 e. The minimum atomic E-state index is -3.62. The Hall–Kier alpha value is -2.60. The highest BCUT2D eigenvalue weighted by molar-refractivity contribution is 7.91. The zero-order valence-corrected chi connectivity index (χ0v) is 16.2. The maximum absolute atomic E-state index is 12.4. The molecule has 0 fully saturated rings. The van der Waals surface area contributed by atoms with E-state index in [1.54, 1.807) is 0 Å². The molecule has 0 saturated heterocycles. The zero-order chi connectivity index (χ0) is 19.9. The van der Waals surface area contributed by atoms with E-state index >= 15 is 0 Å². The molecule has 146 valence electrons. The molecule has 0 unspecified atom stereocenters.